The van der Waals surface area contributed by atoms with Gasteiger partial charge in [0.2, 0.25) is 0 Å². The van der Waals surface area contributed by atoms with Gasteiger partial charge in [-0.1, -0.05) is 6.92 Å². The van der Waals surface area contributed by atoms with E-state index in [0.29, 0.717) is 23.8 Å². The highest BCUT2D eigenvalue weighted by atomic mass is 19.1. The normalized spacial score (nSPS) is 18.9. The monoisotopic (exact) mass is 266 g/mol. The third-order valence-electron chi connectivity index (χ3n) is 3.73. The molecule has 19 heavy (non-hydrogen) atoms. The first-order chi connectivity index (χ1) is 9.08. The molecule has 1 heterocycles. The second-order valence-corrected chi connectivity index (χ2v) is 5.27. The Morgan fingerprint density at radius 3 is 2.74 bits per heavy atom. The third-order valence-corrected chi connectivity index (χ3v) is 3.73. The van der Waals surface area contributed by atoms with E-state index in [-0.39, 0.29) is 5.82 Å². The first-order valence-electron chi connectivity index (χ1n) is 6.76. The molecule has 0 aromatic heterocycles. The molecular weight excluding hydrogens is 243 g/mol. The van der Waals surface area contributed by atoms with Crippen LogP contribution in [0.2, 0.25) is 0 Å². The molecule has 1 aliphatic rings. The minimum Gasteiger partial charge on any atom is -0.397 e. The number of nitrogens with two attached hydrogens (primary N) is 1. The van der Waals surface area contributed by atoms with Crippen LogP contribution in [0, 0.1) is 11.7 Å². The molecule has 4 nitrogen and oxygen atoms in total. The smallest absolute Gasteiger partial charge is 0.148 e. The standard InChI is InChI=1S/C14H23FN4/c1-9-4-5-19(8-9)14-10(7-17-2)13(18-3)11(15)6-12(14)16/h6,9,17-18H,4-5,7-8,16H2,1-3H3/t9-/m0/s1. The van der Waals surface area contributed by atoms with Gasteiger partial charge in [0.15, 0.2) is 0 Å². The highest BCUT2D eigenvalue weighted by molar-refractivity contribution is 5.79. The van der Waals surface area contributed by atoms with Gasteiger partial charge in [0, 0.05) is 38.3 Å². The maximum atomic E-state index is 14.0. The summed E-state index contributed by atoms with van der Waals surface area (Å²) in [6, 6.07) is 1.42. The minimum atomic E-state index is -0.291. The molecule has 0 radical (unpaired) electrons. The SMILES string of the molecule is CNCc1c(NC)c(F)cc(N)c1N1CC[C@H](C)C1. The van der Waals surface area contributed by atoms with Crippen LogP contribution in [-0.4, -0.2) is 27.2 Å². The summed E-state index contributed by atoms with van der Waals surface area (Å²) in [6.07, 6.45) is 1.16. The number of hydrogen-bond acceptors (Lipinski definition) is 4. The minimum absolute atomic E-state index is 0.291. The number of halogens is 1. The average molecular weight is 266 g/mol. The van der Waals surface area contributed by atoms with Crippen molar-refractivity contribution in [3.63, 3.8) is 0 Å². The quantitative estimate of drug-likeness (QED) is 0.730. The fourth-order valence-corrected chi connectivity index (χ4v) is 2.84. The van der Waals surface area contributed by atoms with Crippen LogP contribution in [0.3, 0.4) is 0 Å². The predicted molar refractivity (Wildman–Crippen MR) is 79.1 cm³/mol. The molecule has 1 aromatic rings. The second kappa shape index (κ2) is 5.65. The van der Waals surface area contributed by atoms with Gasteiger partial charge in [-0.25, -0.2) is 4.39 Å². The zero-order chi connectivity index (χ0) is 14.0. The lowest BCUT2D eigenvalue weighted by Gasteiger charge is -2.26. The zero-order valence-electron chi connectivity index (χ0n) is 11.9. The van der Waals surface area contributed by atoms with Gasteiger partial charge in [-0.3, -0.25) is 0 Å². The highest BCUT2D eigenvalue weighted by Gasteiger charge is 2.25. The fourth-order valence-electron chi connectivity index (χ4n) is 2.84. The van der Waals surface area contributed by atoms with E-state index in [1.54, 1.807) is 7.05 Å². The van der Waals surface area contributed by atoms with Gasteiger partial charge in [0.25, 0.3) is 0 Å². The summed E-state index contributed by atoms with van der Waals surface area (Å²) in [4.78, 5) is 2.27. The summed E-state index contributed by atoms with van der Waals surface area (Å²) in [7, 11) is 3.60. The molecule has 1 aliphatic heterocycles. The van der Waals surface area contributed by atoms with E-state index in [9.17, 15) is 4.39 Å². The molecule has 0 bridgehead atoms. The van der Waals surface area contributed by atoms with Gasteiger partial charge in [0.1, 0.15) is 5.82 Å². The Hall–Kier alpha value is -1.49. The molecule has 0 unspecified atom stereocenters. The van der Waals surface area contributed by atoms with E-state index in [4.69, 9.17) is 5.73 Å². The van der Waals surface area contributed by atoms with E-state index in [1.807, 2.05) is 7.05 Å². The summed E-state index contributed by atoms with van der Waals surface area (Å²) in [5.41, 5.74) is 9.02. The summed E-state index contributed by atoms with van der Waals surface area (Å²) < 4.78 is 14.0. The fraction of sp³-hybridized carbons (Fsp3) is 0.571. The molecule has 0 amide bonds. The Kier molecular flexibility index (Phi) is 4.14. The molecule has 1 aromatic carbocycles. The Balaban J connectivity index is 2.50. The van der Waals surface area contributed by atoms with Crippen LogP contribution < -0.4 is 21.3 Å². The molecule has 0 saturated carbocycles. The van der Waals surface area contributed by atoms with E-state index in [2.05, 4.69) is 22.5 Å². The molecule has 1 saturated heterocycles. The van der Waals surface area contributed by atoms with Crippen LogP contribution in [-0.2, 0) is 6.54 Å². The third kappa shape index (κ3) is 2.61. The number of hydrogen-bond donors (Lipinski definition) is 3. The number of rotatable bonds is 4. The zero-order valence-corrected chi connectivity index (χ0v) is 11.9. The maximum absolute atomic E-state index is 14.0. The molecular formula is C14H23FN4. The summed E-state index contributed by atoms with van der Waals surface area (Å²) in [5, 5.41) is 6.05. The molecule has 0 aliphatic carbocycles. The van der Waals surface area contributed by atoms with Crippen molar-refractivity contribution in [2.75, 3.05) is 43.1 Å². The van der Waals surface area contributed by atoms with Crippen molar-refractivity contribution in [2.45, 2.75) is 19.9 Å². The number of anilines is 3. The van der Waals surface area contributed by atoms with Gasteiger partial charge >= 0.3 is 0 Å². The molecule has 0 spiro atoms. The van der Waals surface area contributed by atoms with Crippen molar-refractivity contribution in [1.82, 2.24) is 5.32 Å². The molecule has 1 atom stereocenters. The molecule has 2 rings (SSSR count). The first-order valence-corrected chi connectivity index (χ1v) is 6.76. The largest absolute Gasteiger partial charge is 0.397 e. The van der Waals surface area contributed by atoms with Gasteiger partial charge < -0.3 is 21.3 Å². The van der Waals surface area contributed by atoms with E-state index in [0.717, 1.165) is 30.8 Å². The van der Waals surface area contributed by atoms with Gasteiger partial charge in [0.05, 0.1) is 17.1 Å². The van der Waals surface area contributed by atoms with Crippen molar-refractivity contribution in [2.24, 2.45) is 5.92 Å². The number of nitrogens with zero attached hydrogens (tertiary/aromatic N) is 1. The average Bonchev–Trinajstić information content (AvgIpc) is 2.76. The Labute approximate surface area is 114 Å². The van der Waals surface area contributed by atoms with Crippen LogP contribution in [0.15, 0.2) is 6.07 Å². The van der Waals surface area contributed by atoms with Crippen LogP contribution in [0.25, 0.3) is 0 Å². The van der Waals surface area contributed by atoms with E-state index in [1.165, 1.54) is 6.07 Å². The van der Waals surface area contributed by atoms with Crippen molar-refractivity contribution in [3.05, 3.63) is 17.4 Å². The van der Waals surface area contributed by atoms with Gasteiger partial charge in [-0.05, 0) is 19.4 Å². The summed E-state index contributed by atoms with van der Waals surface area (Å²) >= 11 is 0. The second-order valence-electron chi connectivity index (χ2n) is 5.27. The van der Waals surface area contributed by atoms with Crippen LogP contribution >= 0.6 is 0 Å². The predicted octanol–water partition coefficient (Wildman–Crippen LogP) is 2.02. The van der Waals surface area contributed by atoms with Crippen molar-refractivity contribution in [3.8, 4) is 0 Å². The molecule has 1 fully saturated rings. The summed E-state index contributed by atoms with van der Waals surface area (Å²) in [6.45, 7) is 4.79. The lowest BCUT2D eigenvalue weighted by atomic mass is 10.1. The van der Waals surface area contributed by atoms with Crippen molar-refractivity contribution < 1.29 is 4.39 Å². The van der Waals surface area contributed by atoms with Gasteiger partial charge in [-0.15, -0.1) is 0 Å². The lowest BCUT2D eigenvalue weighted by molar-refractivity contribution is 0.628. The van der Waals surface area contributed by atoms with Crippen LogP contribution in [0.1, 0.15) is 18.9 Å². The number of nitrogen functional groups attached to an aromatic ring is 1. The Morgan fingerprint density at radius 1 is 1.47 bits per heavy atom. The molecule has 4 N–H and O–H groups in total. The van der Waals surface area contributed by atoms with Crippen molar-refractivity contribution in [1.29, 1.82) is 0 Å². The number of benzene rings is 1. The lowest BCUT2D eigenvalue weighted by Crippen LogP contribution is -2.24. The first kappa shape index (κ1) is 13.9. The topological polar surface area (TPSA) is 53.3 Å². The Morgan fingerprint density at radius 2 is 2.21 bits per heavy atom. The number of nitrogens with one attached hydrogen (secondary N) is 2. The van der Waals surface area contributed by atoms with Crippen LogP contribution in [0.4, 0.5) is 21.5 Å². The molecule has 5 heteroatoms. The van der Waals surface area contributed by atoms with Gasteiger partial charge in [-0.2, -0.15) is 0 Å². The van der Waals surface area contributed by atoms with E-state index < -0.39 is 0 Å². The highest BCUT2D eigenvalue weighted by Crippen LogP contribution is 2.38. The van der Waals surface area contributed by atoms with Crippen LogP contribution in [0.5, 0.6) is 0 Å². The summed E-state index contributed by atoms with van der Waals surface area (Å²) in [5.74, 6) is 0.367. The Bertz CT molecular complexity index is 461. The molecule has 106 valence electrons. The van der Waals surface area contributed by atoms with Crippen molar-refractivity contribution >= 4 is 17.1 Å². The maximum Gasteiger partial charge on any atom is 0.148 e. The van der Waals surface area contributed by atoms with E-state index >= 15 is 0 Å².